The summed E-state index contributed by atoms with van der Waals surface area (Å²) in [6.07, 6.45) is 12.8. The van der Waals surface area contributed by atoms with Gasteiger partial charge in [0.25, 0.3) is 0 Å². The van der Waals surface area contributed by atoms with Crippen LogP contribution in [0.25, 0.3) is 10.8 Å². The molecule has 0 atom stereocenters. The van der Waals surface area contributed by atoms with Gasteiger partial charge in [-0.25, -0.2) is 13.2 Å². The van der Waals surface area contributed by atoms with Gasteiger partial charge in [0.1, 0.15) is 5.75 Å². The molecule has 6 heteroatoms. The second-order valence-corrected chi connectivity index (χ2v) is 12.8. The van der Waals surface area contributed by atoms with E-state index in [4.69, 9.17) is 9.47 Å². The molecule has 0 aliphatic heterocycles. The van der Waals surface area contributed by atoms with Crippen LogP contribution in [0.2, 0.25) is 0 Å². The molecule has 0 spiro atoms. The summed E-state index contributed by atoms with van der Waals surface area (Å²) >= 11 is 0. The highest BCUT2D eigenvalue weighted by molar-refractivity contribution is 5.85. The molecule has 0 saturated heterocycles. The Balaban J connectivity index is 1.17. The summed E-state index contributed by atoms with van der Waals surface area (Å²) in [4.78, 5) is 0. The predicted molar refractivity (Wildman–Crippen MR) is 165 cm³/mol. The average molecular weight is 599 g/mol. The minimum Gasteiger partial charge on any atom is -0.494 e. The van der Waals surface area contributed by atoms with Crippen molar-refractivity contribution in [1.82, 2.24) is 0 Å². The molecule has 3 aromatic carbocycles. The van der Waals surface area contributed by atoms with Crippen LogP contribution in [0.4, 0.5) is 17.6 Å². The maximum atomic E-state index is 15.3. The fraction of sp³-hybridized carbons (Fsp3) is 0.568. The van der Waals surface area contributed by atoms with Crippen LogP contribution in [0.15, 0.2) is 36.4 Å². The van der Waals surface area contributed by atoms with Gasteiger partial charge in [0, 0.05) is 5.39 Å². The van der Waals surface area contributed by atoms with Gasteiger partial charge in [-0.15, -0.1) is 0 Å². The van der Waals surface area contributed by atoms with Crippen molar-refractivity contribution in [2.24, 2.45) is 11.8 Å². The largest absolute Gasteiger partial charge is 0.494 e. The van der Waals surface area contributed by atoms with Crippen molar-refractivity contribution in [3.05, 3.63) is 70.8 Å². The normalized spacial score (nSPS) is 22.6. The van der Waals surface area contributed by atoms with Crippen LogP contribution < -0.4 is 9.47 Å². The molecule has 43 heavy (non-hydrogen) atoms. The maximum Gasteiger partial charge on any atom is 0.200 e. The van der Waals surface area contributed by atoms with Gasteiger partial charge in [0.2, 0.25) is 5.82 Å². The monoisotopic (exact) mass is 598 g/mol. The van der Waals surface area contributed by atoms with E-state index in [2.05, 4.69) is 6.92 Å². The summed E-state index contributed by atoms with van der Waals surface area (Å²) in [5, 5.41) is 0.835. The number of rotatable bonds is 12. The highest BCUT2D eigenvalue weighted by Gasteiger charge is 2.30. The number of hydrogen-bond acceptors (Lipinski definition) is 2. The first-order valence-electron chi connectivity index (χ1n) is 16.5. The molecule has 234 valence electrons. The van der Waals surface area contributed by atoms with E-state index in [1.54, 1.807) is 36.4 Å². The minimum absolute atomic E-state index is 0.0167. The van der Waals surface area contributed by atoms with Crippen molar-refractivity contribution >= 4 is 10.8 Å². The SMILES string of the molecule is CCCCCC1CCC(COc2ccc(C3CCC(c4cc5ccc(OCCC)cc5c(F)c4F)CC3)c(F)c2F)CC1. The summed E-state index contributed by atoms with van der Waals surface area (Å²) < 4.78 is 72.1. The lowest BCUT2D eigenvalue weighted by Crippen LogP contribution is -2.20. The van der Waals surface area contributed by atoms with E-state index in [-0.39, 0.29) is 23.0 Å². The zero-order chi connectivity index (χ0) is 30.3. The zero-order valence-electron chi connectivity index (χ0n) is 25.7. The molecule has 0 bridgehead atoms. The highest BCUT2D eigenvalue weighted by atomic mass is 19.2. The van der Waals surface area contributed by atoms with E-state index in [0.717, 1.165) is 25.2 Å². The first-order chi connectivity index (χ1) is 20.9. The van der Waals surface area contributed by atoms with Gasteiger partial charge < -0.3 is 9.47 Å². The standard InChI is InChI=1S/C37H46F4O2/c1-3-5-6-7-24-8-10-25(11-9-24)23-43-33-19-18-30(34(38)37(33)41)26-12-14-27(15-13-26)31-21-28-16-17-29(42-20-4-2)22-32(28)36(40)35(31)39/h16-19,21-22,24-27H,3-15,20,23H2,1-2H3. The molecule has 2 nitrogen and oxygen atoms in total. The number of halogens is 4. The molecule has 0 amide bonds. The summed E-state index contributed by atoms with van der Waals surface area (Å²) in [6.45, 7) is 5.14. The molecule has 0 heterocycles. The number of hydrogen-bond donors (Lipinski definition) is 0. The molecule has 3 aromatic rings. The van der Waals surface area contributed by atoms with E-state index >= 15 is 17.6 Å². The predicted octanol–water partition coefficient (Wildman–Crippen LogP) is 11.4. The van der Waals surface area contributed by atoms with E-state index < -0.39 is 23.3 Å². The van der Waals surface area contributed by atoms with Crippen LogP contribution in [0.3, 0.4) is 0 Å². The molecule has 0 radical (unpaired) electrons. The Hall–Kier alpha value is -2.76. The third kappa shape index (κ3) is 7.49. The molecule has 0 aromatic heterocycles. The minimum atomic E-state index is -0.919. The molecule has 2 saturated carbocycles. The van der Waals surface area contributed by atoms with Gasteiger partial charge in [0.05, 0.1) is 13.2 Å². The molecule has 2 aliphatic rings. The van der Waals surface area contributed by atoms with Crippen LogP contribution in [0, 0.1) is 35.1 Å². The lowest BCUT2D eigenvalue weighted by Gasteiger charge is -2.30. The summed E-state index contributed by atoms with van der Waals surface area (Å²) in [5.74, 6) is -2.12. The van der Waals surface area contributed by atoms with E-state index in [1.165, 1.54) is 38.5 Å². The Morgan fingerprint density at radius 1 is 0.628 bits per heavy atom. The number of unbranched alkanes of at least 4 members (excludes halogenated alkanes) is 2. The smallest absolute Gasteiger partial charge is 0.200 e. The topological polar surface area (TPSA) is 18.5 Å². The fourth-order valence-electron chi connectivity index (χ4n) is 7.20. The second kappa shape index (κ2) is 14.8. The van der Waals surface area contributed by atoms with Crippen LogP contribution in [-0.4, -0.2) is 13.2 Å². The molecule has 2 aliphatic carbocycles. The molecular formula is C37H46F4O2. The van der Waals surface area contributed by atoms with E-state index in [1.807, 2.05) is 6.92 Å². The van der Waals surface area contributed by atoms with E-state index in [9.17, 15) is 0 Å². The van der Waals surface area contributed by atoms with Gasteiger partial charge in [-0.2, -0.15) is 4.39 Å². The fourth-order valence-corrected chi connectivity index (χ4v) is 7.20. The Morgan fingerprint density at radius 2 is 1.30 bits per heavy atom. The summed E-state index contributed by atoms with van der Waals surface area (Å²) in [5.41, 5.74) is 0.705. The van der Waals surface area contributed by atoms with Crippen molar-refractivity contribution in [2.75, 3.05) is 13.2 Å². The molecule has 0 N–H and O–H groups in total. The Kier molecular flexibility index (Phi) is 10.9. The van der Waals surface area contributed by atoms with Crippen molar-refractivity contribution in [3.63, 3.8) is 0 Å². The van der Waals surface area contributed by atoms with Gasteiger partial charge in [-0.05, 0) is 109 Å². The Morgan fingerprint density at radius 3 is 2.00 bits per heavy atom. The van der Waals surface area contributed by atoms with Crippen LogP contribution in [-0.2, 0) is 0 Å². The van der Waals surface area contributed by atoms with Crippen molar-refractivity contribution in [1.29, 1.82) is 0 Å². The van der Waals surface area contributed by atoms with Gasteiger partial charge >= 0.3 is 0 Å². The molecule has 5 rings (SSSR count). The third-order valence-electron chi connectivity index (χ3n) is 9.83. The zero-order valence-corrected chi connectivity index (χ0v) is 25.7. The Labute approximate surface area is 254 Å². The van der Waals surface area contributed by atoms with Crippen LogP contribution >= 0.6 is 0 Å². The van der Waals surface area contributed by atoms with Gasteiger partial charge in [-0.1, -0.05) is 64.5 Å². The molecular weight excluding hydrogens is 552 g/mol. The highest BCUT2D eigenvalue weighted by Crippen LogP contribution is 2.44. The number of benzene rings is 3. The number of ether oxygens (including phenoxy) is 2. The van der Waals surface area contributed by atoms with Gasteiger partial charge in [0.15, 0.2) is 23.2 Å². The third-order valence-corrected chi connectivity index (χ3v) is 9.83. The van der Waals surface area contributed by atoms with Crippen molar-refractivity contribution < 1.29 is 27.0 Å². The average Bonchev–Trinajstić information content (AvgIpc) is 3.03. The van der Waals surface area contributed by atoms with Crippen LogP contribution in [0.1, 0.15) is 120 Å². The lowest BCUT2D eigenvalue weighted by molar-refractivity contribution is 0.172. The van der Waals surface area contributed by atoms with Crippen molar-refractivity contribution in [2.45, 2.75) is 109 Å². The Bertz CT molecular complexity index is 1360. The lowest BCUT2D eigenvalue weighted by atomic mass is 9.75. The van der Waals surface area contributed by atoms with Gasteiger partial charge in [-0.3, -0.25) is 0 Å². The summed E-state index contributed by atoms with van der Waals surface area (Å²) in [7, 11) is 0. The maximum absolute atomic E-state index is 15.3. The first-order valence-corrected chi connectivity index (χ1v) is 16.5. The first kappa shape index (κ1) is 31.7. The summed E-state index contributed by atoms with van der Waals surface area (Å²) in [6, 6.07) is 10.0. The molecule has 2 fully saturated rings. The van der Waals surface area contributed by atoms with Crippen LogP contribution in [0.5, 0.6) is 11.5 Å². The van der Waals surface area contributed by atoms with E-state index in [0.29, 0.717) is 67.1 Å². The quantitative estimate of drug-likeness (QED) is 0.153. The van der Waals surface area contributed by atoms with Crippen molar-refractivity contribution in [3.8, 4) is 11.5 Å². The second-order valence-electron chi connectivity index (χ2n) is 12.8. The number of fused-ring (bicyclic) bond motifs is 1. The molecule has 0 unspecified atom stereocenters.